The van der Waals surface area contributed by atoms with Gasteiger partial charge in [0.25, 0.3) is 0 Å². The topological polar surface area (TPSA) is 61.8 Å². The Morgan fingerprint density at radius 1 is 1.39 bits per heavy atom. The highest BCUT2D eigenvalue weighted by atomic mass is 19.1. The van der Waals surface area contributed by atoms with Gasteiger partial charge in [0.2, 0.25) is 0 Å². The Morgan fingerprint density at radius 2 is 2.29 bits per heavy atom. The Morgan fingerprint density at radius 3 is 3.04 bits per heavy atom. The lowest BCUT2D eigenvalue weighted by Gasteiger charge is -2.63. The van der Waals surface area contributed by atoms with Crippen molar-refractivity contribution in [1.82, 2.24) is 15.6 Å². The predicted molar refractivity (Wildman–Crippen MR) is 107 cm³/mol. The average molecular weight is 388 g/mol. The van der Waals surface area contributed by atoms with Gasteiger partial charge in [-0.15, -0.1) is 0 Å². The molecule has 4 atom stereocenters. The van der Waals surface area contributed by atoms with Crippen LogP contribution < -0.4 is 15.5 Å². The van der Waals surface area contributed by atoms with Gasteiger partial charge < -0.3 is 20.3 Å². The number of nitrogens with one attached hydrogen (secondary N) is 2. The first kappa shape index (κ1) is 18.2. The molecule has 4 unspecified atom stereocenters. The average Bonchev–Trinajstić information content (AvgIpc) is 3.27. The number of hydrogen-bond acceptors (Lipinski definition) is 4. The van der Waals surface area contributed by atoms with E-state index in [1.807, 2.05) is 4.90 Å². The van der Waals surface area contributed by atoms with Crippen LogP contribution in [0, 0.1) is 17.2 Å². The summed E-state index contributed by atoms with van der Waals surface area (Å²) in [4.78, 5) is 10.9. The van der Waals surface area contributed by atoms with Crippen molar-refractivity contribution in [2.75, 3.05) is 31.1 Å². The van der Waals surface area contributed by atoms with E-state index < -0.39 is 0 Å². The molecule has 6 nitrogen and oxygen atoms in total. The van der Waals surface area contributed by atoms with E-state index in [-0.39, 0.29) is 11.9 Å². The maximum Gasteiger partial charge on any atom is 0.191 e. The van der Waals surface area contributed by atoms with Crippen LogP contribution in [0.15, 0.2) is 23.3 Å². The number of nitrogens with zero attached hydrogens (tertiary/aromatic N) is 3. The third-order valence-corrected chi connectivity index (χ3v) is 7.21. The van der Waals surface area contributed by atoms with Crippen LogP contribution in [0.1, 0.15) is 39.0 Å². The fourth-order valence-corrected chi connectivity index (χ4v) is 5.77. The number of anilines is 1. The number of hydrogen-bond donors (Lipinski definition) is 2. The number of halogens is 1. The van der Waals surface area contributed by atoms with Crippen LogP contribution in [0.3, 0.4) is 0 Å². The largest absolute Gasteiger partial charge is 0.377 e. The lowest BCUT2D eigenvalue weighted by Crippen LogP contribution is -2.72. The van der Waals surface area contributed by atoms with Crippen molar-refractivity contribution in [3.63, 3.8) is 0 Å². The van der Waals surface area contributed by atoms with Crippen molar-refractivity contribution < 1.29 is 9.13 Å². The molecule has 0 radical (unpaired) electrons. The SMILES string of the molecule is CCN=C(NC1CCN(c2ncccc2F)C1)NC1C2CCOC2C12CCC2. The zero-order chi connectivity index (χ0) is 19.1. The van der Waals surface area contributed by atoms with Gasteiger partial charge >= 0.3 is 0 Å². The summed E-state index contributed by atoms with van der Waals surface area (Å²) in [7, 11) is 0. The minimum absolute atomic E-state index is 0.243. The molecule has 0 amide bonds. The highest BCUT2D eigenvalue weighted by Gasteiger charge is 2.66. The minimum Gasteiger partial charge on any atom is -0.377 e. The number of aliphatic imine (C=N–C) groups is 1. The maximum atomic E-state index is 14.1. The molecule has 1 aromatic rings. The molecule has 2 saturated heterocycles. The molecule has 7 heteroatoms. The summed E-state index contributed by atoms with van der Waals surface area (Å²) in [5.41, 5.74) is 0.330. The van der Waals surface area contributed by atoms with Gasteiger partial charge in [0.1, 0.15) is 0 Å². The summed E-state index contributed by atoms with van der Waals surface area (Å²) in [6.45, 7) is 5.25. The van der Waals surface area contributed by atoms with E-state index in [0.717, 1.165) is 45.0 Å². The Balaban J connectivity index is 1.23. The van der Waals surface area contributed by atoms with Crippen molar-refractivity contribution in [2.45, 2.75) is 57.2 Å². The van der Waals surface area contributed by atoms with Crippen molar-refractivity contribution >= 4 is 11.8 Å². The fourth-order valence-electron chi connectivity index (χ4n) is 5.77. The van der Waals surface area contributed by atoms with Gasteiger partial charge in [-0.05, 0) is 44.7 Å². The number of rotatable bonds is 4. The Kier molecular flexibility index (Phi) is 4.65. The second-order valence-corrected chi connectivity index (χ2v) is 8.66. The molecule has 2 N–H and O–H groups in total. The molecular formula is C21H30FN5O. The van der Waals surface area contributed by atoms with Crippen molar-refractivity contribution in [1.29, 1.82) is 0 Å². The van der Waals surface area contributed by atoms with Crippen molar-refractivity contribution in [3.05, 3.63) is 24.1 Å². The first-order chi connectivity index (χ1) is 13.7. The van der Waals surface area contributed by atoms with Crippen LogP contribution in [0.4, 0.5) is 10.2 Å². The zero-order valence-electron chi connectivity index (χ0n) is 16.5. The molecule has 152 valence electrons. The van der Waals surface area contributed by atoms with E-state index in [0.29, 0.717) is 29.3 Å². The Bertz CT molecular complexity index is 752. The standard InChI is InChI=1S/C21H30FN5O/c1-2-23-20(26-17-15-7-12-28-18(15)21(17)8-4-9-21)25-14-6-11-27(13-14)19-16(22)5-3-10-24-19/h3,5,10,14-15,17-18H,2,4,6-9,11-13H2,1H3,(H2,23,25,26). The molecule has 4 fully saturated rings. The number of aromatic nitrogens is 1. The number of ether oxygens (including phenoxy) is 1. The normalized spacial score (nSPS) is 33.4. The van der Waals surface area contributed by atoms with E-state index in [9.17, 15) is 4.39 Å². The second-order valence-electron chi connectivity index (χ2n) is 8.66. The summed E-state index contributed by atoms with van der Waals surface area (Å²) in [6.07, 6.45) is 8.05. The van der Waals surface area contributed by atoms with E-state index in [1.165, 1.54) is 25.3 Å². The van der Waals surface area contributed by atoms with E-state index in [2.05, 4.69) is 22.5 Å². The highest BCUT2D eigenvalue weighted by molar-refractivity contribution is 5.81. The molecule has 1 aromatic heterocycles. The molecule has 5 rings (SSSR count). The minimum atomic E-state index is -0.252. The summed E-state index contributed by atoms with van der Waals surface area (Å²) >= 11 is 0. The van der Waals surface area contributed by atoms with Gasteiger partial charge in [-0.2, -0.15) is 0 Å². The van der Waals surface area contributed by atoms with Gasteiger partial charge in [0.05, 0.1) is 6.10 Å². The van der Waals surface area contributed by atoms with Crippen LogP contribution in [0.5, 0.6) is 0 Å². The number of fused-ring (bicyclic) bond motifs is 2. The van der Waals surface area contributed by atoms with Crippen LogP contribution in [-0.4, -0.2) is 55.4 Å². The molecule has 2 aliphatic heterocycles. The predicted octanol–water partition coefficient (Wildman–Crippen LogP) is 2.31. The quantitative estimate of drug-likeness (QED) is 0.613. The van der Waals surface area contributed by atoms with E-state index >= 15 is 0 Å². The monoisotopic (exact) mass is 387 g/mol. The van der Waals surface area contributed by atoms with Gasteiger partial charge in [-0.25, -0.2) is 9.37 Å². The van der Waals surface area contributed by atoms with Crippen LogP contribution in [0.2, 0.25) is 0 Å². The lowest BCUT2D eigenvalue weighted by atomic mass is 9.46. The molecule has 0 aromatic carbocycles. The highest BCUT2D eigenvalue weighted by Crippen LogP contribution is 2.62. The van der Waals surface area contributed by atoms with Gasteiger partial charge in [-0.3, -0.25) is 4.99 Å². The number of guanidine groups is 1. The molecule has 2 aliphatic carbocycles. The van der Waals surface area contributed by atoms with Crippen molar-refractivity contribution in [2.24, 2.45) is 16.3 Å². The Hall–Kier alpha value is -1.89. The van der Waals surface area contributed by atoms with Crippen LogP contribution >= 0.6 is 0 Å². The third kappa shape index (κ3) is 2.86. The molecule has 2 saturated carbocycles. The molecule has 3 heterocycles. The van der Waals surface area contributed by atoms with Gasteiger partial charge in [-0.1, -0.05) is 6.42 Å². The molecular weight excluding hydrogens is 357 g/mol. The summed E-state index contributed by atoms with van der Waals surface area (Å²) < 4.78 is 20.1. The first-order valence-corrected chi connectivity index (χ1v) is 10.8. The molecule has 4 aliphatic rings. The third-order valence-electron chi connectivity index (χ3n) is 7.21. The van der Waals surface area contributed by atoms with E-state index in [1.54, 1.807) is 12.3 Å². The maximum absolute atomic E-state index is 14.1. The first-order valence-electron chi connectivity index (χ1n) is 10.8. The van der Waals surface area contributed by atoms with E-state index in [4.69, 9.17) is 9.73 Å². The van der Waals surface area contributed by atoms with Gasteiger partial charge in [0.15, 0.2) is 17.6 Å². The number of pyridine rings is 1. The van der Waals surface area contributed by atoms with Crippen molar-refractivity contribution in [3.8, 4) is 0 Å². The summed E-state index contributed by atoms with van der Waals surface area (Å²) in [5, 5.41) is 7.37. The summed E-state index contributed by atoms with van der Waals surface area (Å²) in [6, 6.07) is 3.82. The van der Waals surface area contributed by atoms with Gasteiger partial charge in [0, 0.05) is 55.9 Å². The second kappa shape index (κ2) is 7.17. The smallest absolute Gasteiger partial charge is 0.191 e. The van der Waals surface area contributed by atoms with Crippen LogP contribution in [0.25, 0.3) is 0 Å². The lowest BCUT2D eigenvalue weighted by molar-refractivity contribution is -0.171. The molecule has 28 heavy (non-hydrogen) atoms. The Labute approximate surface area is 166 Å². The summed E-state index contributed by atoms with van der Waals surface area (Å²) in [5.74, 6) is 1.72. The molecule has 1 spiro atoms. The van der Waals surface area contributed by atoms with Crippen LogP contribution in [-0.2, 0) is 4.74 Å². The fraction of sp³-hybridized carbons (Fsp3) is 0.714. The zero-order valence-corrected chi connectivity index (χ0v) is 16.5. The molecule has 0 bridgehead atoms.